The molecular formula is C20H24N2O4. The average Bonchev–Trinajstić information content (AvgIpc) is 2.66. The molecule has 0 atom stereocenters. The molecule has 0 radical (unpaired) electrons. The van der Waals surface area contributed by atoms with E-state index in [0.29, 0.717) is 42.3 Å². The summed E-state index contributed by atoms with van der Waals surface area (Å²) in [4.78, 5) is 25.0. The van der Waals surface area contributed by atoms with Crippen molar-refractivity contribution in [3.05, 3.63) is 59.7 Å². The molecule has 0 aliphatic rings. The zero-order valence-electron chi connectivity index (χ0n) is 15.1. The summed E-state index contributed by atoms with van der Waals surface area (Å²) < 4.78 is 10.5. The maximum Gasteiger partial charge on any atom is 0.259 e. The van der Waals surface area contributed by atoms with E-state index in [4.69, 9.17) is 9.47 Å². The highest BCUT2D eigenvalue weighted by Crippen LogP contribution is 2.21. The van der Waals surface area contributed by atoms with Crippen LogP contribution in [-0.2, 0) is 4.74 Å². The molecule has 0 aliphatic carbocycles. The number of para-hydroxylation sites is 2. The molecule has 0 saturated heterocycles. The number of nitrogens with one attached hydrogen (secondary N) is 2. The highest BCUT2D eigenvalue weighted by molar-refractivity contribution is 6.10. The average molecular weight is 356 g/mol. The Morgan fingerprint density at radius 3 is 2.38 bits per heavy atom. The molecule has 2 rings (SSSR count). The number of carbonyl (C=O) groups is 2. The standard InChI is InChI=1S/C20H24N2O4/c1-3-26-18-12-7-5-10-16(18)20(24)22-17-11-6-4-9-15(17)19(23)21-13-8-14-25-2/h4-7,9-12H,3,8,13-14H2,1-2H3,(H,21,23)(H,22,24). The van der Waals surface area contributed by atoms with Crippen LogP contribution >= 0.6 is 0 Å². The van der Waals surface area contributed by atoms with Gasteiger partial charge in [-0.05, 0) is 37.6 Å². The fraction of sp³-hybridized carbons (Fsp3) is 0.300. The second-order valence-electron chi connectivity index (χ2n) is 5.53. The number of methoxy groups -OCH3 is 1. The highest BCUT2D eigenvalue weighted by atomic mass is 16.5. The largest absolute Gasteiger partial charge is 0.493 e. The number of ether oxygens (including phenoxy) is 2. The van der Waals surface area contributed by atoms with Crippen LogP contribution in [0.4, 0.5) is 5.69 Å². The molecule has 26 heavy (non-hydrogen) atoms. The van der Waals surface area contributed by atoms with E-state index in [2.05, 4.69) is 10.6 Å². The number of rotatable bonds is 9. The second kappa shape index (κ2) is 10.2. The summed E-state index contributed by atoms with van der Waals surface area (Å²) in [5.41, 5.74) is 1.28. The van der Waals surface area contributed by atoms with Crippen molar-refractivity contribution in [2.24, 2.45) is 0 Å². The topological polar surface area (TPSA) is 76.7 Å². The Balaban J connectivity index is 2.12. The fourth-order valence-corrected chi connectivity index (χ4v) is 2.43. The lowest BCUT2D eigenvalue weighted by Gasteiger charge is -2.13. The third-order valence-electron chi connectivity index (χ3n) is 3.66. The van der Waals surface area contributed by atoms with Gasteiger partial charge in [-0.15, -0.1) is 0 Å². The van der Waals surface area contributed by atoms with Gasteiger partial charge in [-0.1, -0.05) is 24.3 Å². The Morgan fingerprint density at radius 1 is 0.962 bits per heavy atom. The lowest BCUT2D eigenvalue weighted by molar-refractivity contribution is 0.0949. The predicted octanol–water partition coefficient (Wildman–Crippen LogP) is 3.10. The lowest BCUT2D eigenvalue weighted by Crippen LogP contribution is -2.26. The second-order valence-corrected chi connectivity index (χ2v) is 5.53. The predicted molar refractivity (Wildman–Crippen MR) is 101 cm³/mol. The van der Waals surface area contributed by atoms with E-state index in [1.807, 2.05) is 13.0 Å². The molecule has 2 aromatic rings. The molecule has 138 valence electrons. The van der Waals surface area contributed by atoms with Gasteiger partial charge in [-0.25, -0.2) is 0 Å². The Morgan fingerprint density at radius 2 is 1.65 bits per heavy atom. The van der Waals surface area contributed by atoms with Crippen molar-refractivity contribution in [1.29, 1.82) is 0 Å². The van der Waals surface area contributed by atoms with Crippen LogP contribution in [0.25, 0.3) is 0 Å². The Bertz CT molecular complexity index is 746. The van der Waals surface area contributed by atoms with Crippen LogP contribution in [0.5, 0.6) is 5.75 Å². The van der Waals surface area contributed by atoms with Gasteiger partial charge in [0, 0.05) is 20.3 Å². The van der Waals surface area contributed by atoms with E-state index in [0.717, 1.165) is 6.42 Å². The molecule has 0 unspecified atom stereocenters. The van der Waals surface area contributed by atoms with E-state index >= 15 is 0 Å². The number of carbonyl (C=O) groups excluding carboxylic acids is 2. The van der Waals surface area contributed by atoms with Gasteiger partial charge in [0.2, 0.25) is 0 Å². The van der Waals surface area contributed by atoms with Crippen LogP contribution < -0.4 is 15.4 Å². The summed E-state index contributed by atoms with van der Waals surface area (Å²) in [7, 11) is 1.62. The summed E-state index contributed by atoms with van der Waals surface area (Å²) >= 11 is 0. The molecule has 0 aromatic heterocycles. The summed E-state index contributed by atoms with van der Waals surface area (Å²) in [6.45, 7) is 3.40. The maximum atomic E-state index is 12.6. The van der Waals surface area contributed by atoms with Crippen LogP contribution in [0.3, 0.4) is 0 Å². The number of hydrogen-bond acceptors (Lipinski definition) is 4. The van der Waals surface area contributed by atoms with Gasteiger partial charge in [-0.2, -0.15) is 0 Å². The highest BCUT2D eigenvalue weighted by Gasteiger charge is 2.16. The van der Waals surface area contributed by atoms with E-state index in [-0.39, 0.29) is 11.8 Å². The number of anilines is 1. The molecule has 0 heterocycles. The molecule has 0 fully saturated rings. The van der Waals surface area contributed by atoms with Crippen LogP contribution in [0.2, 0.25) is 0 Å². The number of benzene rings is 2. The van der Waals surface area contributed by atoms with Crippen molar-refractivity contribution in [2.45, 2.75) is 13.3 Å². The SMILES string of the molecule is CCOc1ccccc1C(=O)Nc1ccccc1C(=O)NCCCOC. The lowest BCUT2D eigenvalue weighted by atomic mass is 10.1. The minimum atomic E-state index is -0.325. The molecule has 2 aromatic carbocycles. The van der Waals surface area contributed by atoms with Crippen molar-refractivity contribution in [2.75, 3.05) is 32.2 Å². The summed E-state index contributed by atoms with van der Waals surface area (Å²) in [5, 5.41) is 5.63. The number of hydrogen-bond donors (Lipinski definition) is 2. The minimum Gasteiger partial charge on any atom is -0.493 e. The first-order valence-electron chi connectivity index (χ1n) is 8.56. The van der Waals surface area contributed by atoms with Crippen LogP contribution in [0.15, 0.2) is 48.5 Å². The Hall–Kier alpha value is -2.86. The summed E-state index contributed by atoms with van der Waals surface area (Å²) in [6, 6.07) is 13.9. The third kappa shape index (κ3) is 5.32. The van der Waals surface area contributed by atoms with Crippen molar-refractivity contribution in [3.63, 3.8) is 0 Å². The zero-order valence-corrected chi connectivity index (χ0v) is 15.1. The van der Waals surface area contributed by atoms with E-state index in [1.54, 1.807) is 49.6 Å². The molecular weight excluding hydrogens is 332 g/mol. The fourth-order valence-electron chi connectivity index (χ4n) is 2.43. The first kappa shape index (κ1) is 19.5. The van der Waals surface area contributed by atoms with Gasteiger partial charge in [0.15, 0.2) is 0 Å². The van der Waals surface area contributed by atoms with E-state index in [1.165, 1.54) is 0 Å². The Labute approximate surface area is 153 Å². The monoisotopic (exact) mass is 356 g/mol. The van der Waals surface area contributed by atoms with Crippen molar-refractivity contribution >= 4 is 17.5 Å². The molecule has 6 heteroatoms. The molecule has 2 N–H and O–H groups in total. The molecule has 0 aliphatic heterocycles. The first-order chi connectivity index (χ1) is 12.7. The first-order valence-corrected chi connectivity index (χ1v) is 8.56. The van der Waals surface area contributed by atoms with Crippen LogP contribution in [0.1, 0.15) is 34.1 Å². The summed E-state index contributed by atoms with van der Waals surface area (Å²) in [5.74, 6) is -0.0576. The van der Waals surface area contributed by atoms with Crippen LogP contribution in [-0.4, -0.2) is 38.7 Å². The minimum absolute atomic E-state index is 0.241. The van der Waals surface area contributed by atoms with E-state index < -0.39 is 0 Å². The van der Waals surface area contributed by atoms with Gasteiger partial charge in [0.05, 0.1) is 23.4 Å². The number of amides is 2. The molecule has 0 saturated carbocycles. The zero-order chi connectivity index (χ0) is 18.8. The molecule has 0 bridgehead atoms. The van der Waals surface area contributed by atoms with Gasteiger partial charge in [-0.3, -0.25) is 9.59 Å². The molecule has 0 spiro atoms. The van der Waals surface area contributed by atoms with Gasteiger partial charge in [0.25, 0.3) is 11.8 Å². The smallest absolute Gasteiger partial charge is 0.259 e. The van der Waals surface area contributed by atoms with Gasteiger partial charge in [0.1, 0.15) is 5.75 Å². The third-order valence-corrected chi connectivity index (χ3v) is 3.66. The van der Waals surface area contributed by atoms with Gasteiger partial charge >= 0.3 is 0 Å². The summed E-state index contributed by atoms with van der Waals surface area (Å²) in [6.07, 6.45) is 0.721. The van der Waals surface area contributed by atoms with Crippen molar-refractivity contribution in [3.8, 4) is 5.75 Å². The van der Waals surface area contributed by atoms with Gasteiger partial charge < -0.3 is 20.1 Å². The normalized spacial score (nSPS) is 10.2. The molecule has 6 nitrogen and oxygen atoms in total. The Kier molecular flexibility index (Phi) is 7.64. The quantitative estimate of drug-likeness (QED) is 0.677. The van der Waals surface area contributed by atoms with Crippen molar-refractivity contribution < 1.29 is 19.1 Å². The van der Waals surface area contributed by atoms with Crippen molar-refractivity contribution in [1.82, 2.24) is 5.32 Å². The van der Waals surface area contributed by atoms with E-state index in [9.17, 15) is 9.59 Å². The van der Waals surface area contributed by atoms with Crippen LogP contribution in [0, 0.1) is 0 Å². The maximum absolute atomic E-state index is 12.6. The molecule has 2 amide bonds.